The third-order valence-electron chi connectivity index (χ3n) is 4.77. The van der Waals surface area contributed by atoms with Crippen LogP contribution in [0, 0.1) is 28.7 Å². The summed E-state index contributed by atoms with van der Waals surface area (Å²) in [6.45, 7) is 4.19. The summed E-state index contributed by atoms with van der Waals surface area (Å²) >= 11 is 2.28. The van der Waals surface area contributed by atoms with Crippen LogP contribution in [0.1, 0.15) is 27.8 Å². The third-order valence-corrected chi connectivity index (χ3v) is 5.73. The van der Waals surface area contributed by atoms with Crippen LogP contribution < -0.4 is 10.1 Å². The van der Waals surface area contributed by atoms with Crippen LogP contribution in [0.5, 0.6) is 5.75 Å². The molecule has 0 radical (unpaired) electrons. The molecule has 0 aliphatic carbocycles. The standard InChI is InChI=1S/C26H23IN2O2/c1-17-9-18(2)11-19(10-17)13-23-24(27)14-20(15-25(23)31-3)12-21(16-28)26(30)29-22-7-5-4-6-8-22/h4-12,14-15H,13H2,1-3H3,(H,29,30)/b21-12+. The quantitative estimate of drug-likeness (QED) is 0.244. The zero-order chi connectivity index (χ0) is 22.4. The predicted molar refractivity (Wildman–Crippen MR) is 133 cm³/mol. The molecule has 3 aromatic carbocycles. The van der Waals surface area contributed by atoms with Crippen molar-refractivity contribution in [2.45, 2.75) is 20.3 Å². The second-order valence-electron chi connectivity index (χ2n) is 7.35. The van der Waals surface area contributed by atoms with Crippen LogP contribution in [-0.4, -0.2) is 13.0 Å². The number of anilines is 1. The summed E-state index contributed by atoms with van der Waals surface area (Å²) < 4.78 is 6.67. The van der Waals surface area contributed by atoms with Gasteiger partial charge in [0, 0.05) is 21.2 Å². The lowest BCUT2D eigenvalue weighted by atomic mass is 9.98. The number of benzene rings is 3. The summed E-state index contributed by atoms with van der Waals surface area (Å²) in [7, 11) is 1.64. The number of hydrogen-bond acceptors (Lipinski definition) is 3. The number of para-hydroxylation sites is 1. The van der Waals surface area contributed by atoms with Crippen LogP contribution in [-0.2, 0) is 11.2 Å². The summed E-state index contributed by atoms with van der Waals surface area (Å²) in [6, 6.07) is 21.4. The van der Waals surface area contributed by atoms with Crippen molar-refractivity contribution in [1.29, 1.82) is 5.26 Å². The van der Waals surface area contributed by atoms with Gasteiger partial charge in [0.1, 0.15) is 17.4 Å². The molecule has 0 saturated carbocycles. The van der Waals surface area contributed by atoms with Gasteiger partial charge in [-0.15, -0.1) is 0 Å². The van der Waals surface area contributed by atoms with E-state index in [-0.39, 0.29) is 5.57 Å². The molecule has 0 spiro atoms. The highest BCUT2D eigenvalue weighted by atomic mass is 127. The van der Waals surface area contributed by atoms with E-state index in [0.29, 0.717) is 5.69 Å². The molecule has 1 N–H and O–H groups in total. The number of amides is 1. The number of carbonyl (C=O) groups excluding carboxylic acids is 1. The van der Waals surface area contributed by atoms with Gasteiger partial charge in [-0.2, -0.15) is 5.26 Å². The number of nitrogens with one attached hydrogen (secondary N) is 1. The Labute approximate surface area is 196 Å². The molecule has 0 fully saturated rings. The van der Waals surface area contributed by atoms with Crippen molar-refractivity contribution >= 4 is 40.3 Å². The number of hydrogen-bond donors (Lipinski definition) is 1. The maximum Gasteiger partial charge on any atom is 0.266 e. The average molecular weight is 522 g/mol. The lowest BCUT2D eigenvalue weighted by Gasteiger charge is -2.14. The monoisotopic (exact) mass is 522 g/mol. The minimum Gasteiger partial charge on any atom is -0.496 e. The molecule has 5 heteroatoms. The van der Waals surface area contributed by atoms with Crippen molar-refractivity contribution in [3.63, 3.8) is 0 Å². The van der Waals surface area contributed by atoms with E-state index >= 15 is 0 Å². The van der Waals surface area contributed by atoms with E-state index in [1.54, 1.807) is 25.3 Å². The molecule has 3 aromatic rings. The Balaban J connectivity index is 1.90. The van der Waals surface area contributed by atoms with Crippen LogP contribution >= 0.6 is 22.6 Å². The molecule has 0 aliphatic heterocycles. The molecule has 0 atom stereocenters. The van der Waals surface area contributed by atoms with E-state index in [9.17, 15) is 10.1 Å². The molecule has 0 bridgehead atoms. The normalized spacial score (nSPS) is 11.0. The van der Waals surface area contributed by atoms with Crippen molar-refractivity contribution in [3.05, 3.63) is 97.6 Å². The Morgan fingerprint density at radius 2 is 1.77 bits per heavy atom. The molecule has 4 nitrogen and oxygen atoms in total. The van der Waals surface area contributed by atoms with E-state index in [1.807, 2.05) is 36.4 Å². The van der Waals surface area contributed by atoms with Gasteiger partial charge in [0.25, 0.3) is 5.91 Å². The van der Waals surface area contributed by atoms with Crippen molar-refractivity contribution in [1.82, 2.24) is 0 Å². The molecule has 1 amide bonds. The van der Waals surface area contributed by atoms with Gasteiger partial charge in [0.2, 0.25) is 0 Å². The van der Waals surface area contributed by atoms with Crippen molar-refractivity contribution in [2.75, 3.05) is 12.4 Å². The molecule has 31 heavy (non-hydrogen) atoms. The molecule has 0 aromatic heterocycles. The lowest BCUT2D eigenvalue weighted by molar-refractivity contribution is -0.112. The molecule has 0 aliphatic rings. The van der Waals surface area contributed by atoms with Gasteiger partial charge in [-0.3, -0.25) is 4.79 Å². The Morgan fingerprint density at radius 3 is 2.39 bits per heavy atom. The third kappa shape index (κ3) is 5.96. The van der Waals surface area contributed by atoms with Gasteiger partial charge in [0.15, 0.2) is 0 Å². The number of methoxy groups -OCH3 is 1. The van der Waals surface area contributed by atoms with Crippen LogP contribution in [0.4, 0.5) is 5.69 Å². The second-order valence-corrected chi connectivity index (χ2v) is 8.51. The Hall–Kier alpha value is -3.11. The predicted octanol–water partition coefficient (Wildman–Crippen LogP) is 6.05. The van der Waals surface area contributed by atoms with E-state index in [0.717, 1.165) is 26.9 Å². The minimum absolute atomic E-state index is 0.0313. The van der Waals surface area contributed by atoms with E-state index < -0.39 is 5.91 Å². The highest BCUT2D eigenvalue weighted by Crippen LogP contribution is 2.30. The van der Waals surface area contributed by atoms with Crippen LogP contribution in [0.2, 0.25) is 0 Å². The first-order chi connectivity index (χ1) is 14.9. The van der Waals surface area contributed by atoms with Crippen molar-refractivity contribution in [3.8, 4) is 11.8 Å². The second kappa shape index (κ2) is 10.3. The maximum absolute atomic E-state index is 12.5. The van der Waals surface area contributed by atoms with Gasteiger partial charge in [-0.05, 0) is 77.9 Å². The number of aryl methyl sites for hydroxylation is 2. The fraction of sp³-hybridized carbons (Fsp3) is 0.154. The lowest BCUT2D eigenvalue weighted by Crippen LogP contribution is -2.13. The molecule has 0 saturated heterocycles. The zero-order valence-electron chi connectivity index (χ0n) is 17.7. The van der Waals surface area contributed by atoms with E-state index in [1.165, 1.54) is 16.7 Å². The summed E-state index contributed by atoms with van der Waals surface area (Å²) in [4.78, 5) is 12.5. The largest absolute Gasteiger partial charge is 0.496 e. The van der Waals surface area contributed by atoms with Crippen molar-refractivity contribution < 1.29 is 9.53 Å². The van der Waals surface area contributed by atoms with Crippen LogP contribution in [0.3, 0.4) is 0 Å². The van der Waals surface area contributed by atoms with E-state index in [2.05, 4.69) is 60.0 Å². The summed E-state index contributed by atoms with van der Waals surface area (Å²) in [6.07, 6.45) is 2.33. The van der Waals surface area contributed by atoms with Gasteiger partial charge in [0.05, 0.1) is 7.11 Å². The highest BCUT2D eigenvalue weighted by molar-refractivity contribution is 14.1. The first-order valence-electron chi connectivity index (χ1n) is 9.81. The van der Waals surface area contributed by atoms with Gasteiger partial charge in [-0.25, -0.2) is 0 Å². The first kappa shape index (κ1) is 22.6. The highest BCUT2D eigenvalue weighted by Gasteiger charge is 2.14. The Morgan fingerprint density at radius 1 is 1.10 bits per heavy atom. The number of rotatable bonds is 6. The van der Waals surface area contributed by atoms with Crippen LogP contribution in [0.25, 0.3) is 6.08 Å². The van der Waals surface area contributed by atoms with Crippen molar-refractivity contribution in [2.24, 2.45) is 0 Å². The zero-order valence-corrected chi connectivity index (χ0v) is 19.9. The SMILES string of the molecule is COc1cc(/C=C(\C#N)C(=O)Nc2ccccc2)cc(I)c1Cc1cc(C)cc(C)c1. The van der Waals surface area contributed by atoms with Crippen LogP contribution in [0.15, 0.2) is 66.2 Å². The van der Waals surface area contributed by atoms with Gasteiger partial charge in [-0.1, -0.05) is 47.5 Å². The summed E-state index contributed by atoms with van der Waals surface area (Å²) in [5, 5.41) is 12.3. The molecular formula is C26H23IN2O2. The number of nitrogens with zero attached hydrogens (tertiary/aromatic N) is 1. The minimum atomic E-state index is -0.443. The van der Waals surface area contributed by atoms with Gasteiger partial charge < -0.3 is 10.1 Å². The first-order valence-corrected chi connectivity index (χ1v) is 10.9. The summed E-state index contributed by atoms with van der Waals surface area (Å²) in [5.41, 5.74) is 6.17. The molecule has 3 rings (SSSR count). The number of carbonyl (C=O) groups is 1. The average Bonchev–Trinajstić information content (AvgIpc) is 2.73. The Bertz CT molecular complexity index is 1160. The summed E-state index contributed by atoms with van der Waals surface area (Å²) in [5.74, 6) is 0.292. The molecular weight excluding hydrogens is 499 g/mol. The topological polar surface area (TPSA) is 62.1 Å². The molecule has 0 heterocycles. The fourth-order valence-corrected chi connectivity index (χ4v) is 4.29. The maximum atomic E-state index is 12.5. The Kier molecular flexibility index (Phi) is 7.48. The number of ether oxygens (including phenoxy) is 1. The molecule has 156 valence electrons. The fourth-order valence-electron chi connectivity index (χ4n) is 3.48. The number of halogens is 1. The van der Waals surface area contributed by atoms with Gasteiger partial charge >= 0.3 is 0 Å². The molecule has 0 unspecified atom stereocenters. The smallest absolute Gasteiger partial charge is 0.266 e. The van der Waals surface area contributed by atoms with E-state index in [4.69, 9.17) is 4.74 Å². The number of nitriles is 1.